The van der Waals surface area contributed by atoms with E-state index in [1.165, 1.54) is 19.3 Å². The van der Waals surface area contributed by atoms with Gasteiger partial charge < -0.3 is 10.2 Å². The van der Waals surface area contributed by atoms with Crippen molar-refractivity contribution in [3.63, 3.8) is 0 Å². The zero-order chi connectivity index (χ0) is 21.5. The number of hydrogen-bond donors (Lipinski definition) is 1. The minimum absolute atomic E-state index is 0.209. The first-order valence-corrected chi connectivity index (χ1v) is 10.7. The summed E-state index contributed by atoms with van der Waals surface area (Å²) < 4.78 is 0. The molecule has 0 unspecified atom stereocenters. The normalized spacial score (nSPS) is 13.7. The van der Waals surface area contributed by atoms with Gasteiger partial charge in [0.25, 0.3) is 5.91 Å². The number of nitrogens with one attached hydrogen (secondary N) is 1. The molecule has 0 radical (unpaired) electrons. The molecule has 0 bridgehead atoms. The van der Waals surface area contributed by atoms with Crippen LogP contribution in [-0.4, -0.2) is 19.0 Å². The number of carbonyl (C=O) groups excluding carboxylic acids is 1. The molecule has 1 aliphatic rings. The highest BCUT2D eigenvalue weighted by atomic mass is 16.1. The average molecular weight is 408 g/mol. The van der Waals surface area contributed by atoms with E-state index in [0.29, 0.717) is 16.8 Å². The predicted molar refractivity (Wildman–Crippen MR) is 127 cm³/mol. The molecule has 31 heavy (non-hydrogen) atoms. The molecule has 4 rings (SSSR count). The third kappa shape index (κ3) is 5.21. The molecular weight excluding hydrogens is 382 g/mol. The van der Waals surface area contributed by atoms with Crippen LogP contribution in [-0.2, 0) is 0 Å². The van der Waals surface area contributed by atoms with Crippen LogP contribution < -0.4 is 10.2 Å². The van der Waals surface area contributed by atoms with Crippen LogP contribution in [0.25, 0.3) is 12.2 Å². The molecule has 3 aromatic rings. The van der Waals surface area contributed by atoms with Gasteiger partial charge in [0.05, 0.1) is 11.3 Å². The standard InChI is InChI=1S/C27H25N3O/c28-20-24-15-14-22(13-12-21-8-3-1-4-9-21)18-26(24)29-27(31)23-10-7-11-25(19-23)30-16-5-2-6-17-30/h1,3-4,7-15,18-19H,2,5-6,16-17H2,(H,29,31)/b13-12+. The smallest absolute Gasteiger partial charge is 0.255 e. The van der Waals surface area contributed by atoms with Crippen molar-refractivity contribution in [3.8, 4) is 6.07 Å². The first-order valence-electron chi connectivity index (χ1n) is 10.7. The molecule has 4 nitrogen and oxygen atoms in total. The quantitative estimate of drug-likeness (QED) is 0.530. The van der Waals surface area contributed by atoms with E-state index in [2.05, 4.69) is 22.4 Å². The first-order chi connectivity index (χ1) is 15.2. The maximum absolute atomic E-state index is 13.0. The molecular formula is C27H25N3O. The number of amides is 1. The van der Waals surface area contributed by atoms with Gasteiger partial charge >= 0.3 is 0 Å². The van der Waals surface area contributed by atoms with Crippen LogP contribution >= 0.6 is 0 Å². The van der Waals surface area contributed by atoms with Gasteiger partial charge in [-0.2, -0.15) is 5.26 Å². The van der Waals surface area contributed by atoms with Crippen LogP contribution in [0.15, 0.2) is 72.8 Å². The Bertz CT molecular complexity index is 1120. The van der Waals surface area contributed by atoms with E-state index in [9.17, 15) is 10.1 Å². The van der Waals surface area contributed by atoms with Gasteiger partial charge in [-0.15, -0.1) is 0 Å². The Morgan fingerprint density at radius 3 is 2.42 bits per heavy atom. The molecule has 0 saturated carbocycles. The topological polar surface area (TPSA) is 56.1 Å². The van der Waals surface area contributed by atoms with E-state index in [0.717, 1.165) is 29.9 Å². The molecule has 1 N–H and O–H groups in total. The fourth-order valence-corrected chi connectivity index (χ4v) is 3.81. The molecule has 1 amide bonds. The molecule has 0 atom stereocenters. The van der Waals surface area contributed by atoms with Crippen molar-refractivity contribution in [1.29, 1.82) is 5.26 Å². The fourth-order valence-electron chi connectivity index (χ4n) is 3.81. The van der Waals surface area contributed by atoms with E-state index < -0.39 is 0 Å². The number of benzene rings is 3. The highest BCUT2D eigenvalue weighted by Crippen LogP contribution is 2.23. The largest absolute Gasteiger partial charge is 0.372 e. The Morgan fingerprint density at radius 2 is 1.65 bits per heavy atom. The summed E-state index contributed by atoms with van der Waals surface area (Å²) in [6, 6.07) is 25.4. The number of anilines is 2. The lowest BCUT2D eigenvalue weighted by Crippen LogP contribution is -2.29. The number of rotatable bonds is 5. The van der Waals surface area contributed by atoms with Crippen LogP contribution in [0.4, 0.5) is 11.4 Å². The average Bonchev–Trinajstić information content (AvgIpc) is 2.84. The Kier molecular flexibility index (Phi) is 6.44. The fraction of sp³-hybridized carbons (Fsp3) is 0.185. The van der Waals surface area contributed by atoms with Gasteiger partial charge in [-0.25, -0.2) is 0 Å². The van der Waals surface area contributed by atoms with Crippen molar-refractivity contribution in [3.05, 3.63) is 95.1 Å². The molecule has 1 aliphatic heterocycles. The Balaban J connectivity index is 1.53. The van der Waals surface area contributed by atoms with Crippen LogP contribution in [0.5, 0.6) is 0 Å². The second-order valence-corrected chi connectivity index (χ2v) is 7.71. The van der Waals surface area contributed by atoms with Gasteiger partial charge in [-0.3, -0.25) is 4.79 Å². The maximum Gasteiger partial charge on any atom is 0.255 e. The van der Waals surface area contributed by atoms with E-state index in [1.54, 1.807) is 6.07 Å². The zero-order valence-corrected chi connectivity index (χ0v) is 17.4. The van der Waals surface area contributed by atoms with E-state index >= 15 is 0 Å². The summed E-state index contributed by atoms with van der Waals surface area (Å²) >= 11 is 0. The van der Waals surface area contributed by atoms with Crippen molar-refractivity contribution in [2.45, 2.75) is 19.3 Å². The lowest BCUT2D eigenvalue weighted by Gasteiger charge is -2.29. The minimum Gasteiger partial charge on any atom is -0.372 e. The number of nitrogens with zero attached hydrogens (tertiary/aromatic N) is 2. The monoisotopic (exact) mass is 407 g/mol. The summed E-state index contributed by atoms with van der Waals surface area (Å²) in [5.74, 6) is -0.209. The molecule has 1 heterocycles. The molecule has 3 aromatic carbocycles. The van der Waals surface area contributed by atoms with Crippen molar-refractivity contribution in [2.24, 2.45) is 0 Å². The third-order valence-electron chi connectivity index (χ3n) is 5.51. The van der Waals surface area contributed by atoms with Gasteiger partial charge in [0, 0.05) is 24.3 Å². The maximum atomic E-state index is 13.0. The van der Waals surface area contributed by atoms with Gasteiger partial charge in [-0.1, -0.05) is 54.6 Å². The van der Waals surface area contributed by atoms with E-state index in [1.807, 2.05) is 72.8 Å². The lowest BCUT2D eigenvalue weighted by molar-refractivity contribution is 0.102. The van der Waals surface area contributed by atoms with Crippen molar-refractivity contribution < 1.29 is 4.79 Å². The first kappa shape index (κ1) is 20.4. The van der Waals surface area contributed by atoms with Crippen molar-refractivity contribution in [2.75, 3.05) is 23.3 Å². The van der Waals surface area contributed by atoms with Gasteiger partial charge in [0.2, 0.25) is 0 Å². The highest BCUT2D eigenvalue weighted by Gasteiger charge is 2.14. The van der Waals surface area contributed by atoms with Crippen LogP contribution in [0.1, 0.15) is 46.3 Å². The van der Waals surface area contributed by atoms with Crippen LogP contribution in [0.3, 0.4) is 0 Å². The van der Waals surface area contributed by atoms with Gasteiger partial charge in [-0.05, 0) is 60.7 Å². The number of hydrogen-bond acceptors (Lipinski definition) is 3. The van der Waals surface area contributed by atoms with Gasteiger partial charge in [0.15, 0.2) is 0 Å². The summed E-state index contributed by atoms with van der Waals surface area (Å²) in [6.45, 7) is 2.05. The second kappa shape index (κ2) is 9.77. The Labute approximate surface area is 183 Å². The highest BCUT2D eigenvalue weighted by molar-refractivity contribution is 6.05. The van der Waals surface area contributed by atoms with E-state index in [4.69, 9.17) is 0 Å². The molecule has 1 fully saturated rings. The zero-order valence-electron chi connectivity index (χ0n) is 17.4. The van der Waals surface area contributed by atoms with E-state index in [-0.39, 0.29) is 5.91 Å². The molecule has 0 spiro atoms. The number of piperidine rings is 1. The molecule has 4 heteroatoms. The van der Waals surface area contributed by atoms with Gasteiger partial charge in [0.1, 0.15) is 6.07 Å². The molecule has 1 saturated heterocycles. The summed E-state index contributed by atoms with van der Waals surface area (Å²) in [5.41, 5.74) is 4.64. The van der Waals surface area contributed by atoms with Crippen molar-refractivity contribution in [1.82, 2.24) is 0 Å². The number of carbonyl (C=O) groups is 1. The molecule has 0 aromatic heterocycles. The number of nitriles is 1. The summed E-state index contributed by atoms with van der Waals surface area (Å²) in [7, 11) is 0. The molecule has 0 aliphatic carbocycles. The summed E-state index contributed by atoms with van der Waals surface area (Å²) in [4.78, 5) is 15.3. The van der Waals surface area contributed by atoms with Crippen LogP contribution in [0.2, 0.25) is 0 Å². The van der Waals surface area contributed by atoms with Crippen molar-refractivity contribution >= 4 is 29.4 Å². The summed E-state index contributed by atoms with van der Waals surface area (Å²) in [5, 5.41) is 12.4. The molecule has 154 valence electrons. The predicted octanol–water partition coefficient (Wildman–Crippen LogP) is 5.97. The lowest BCUT2D eigenvalue weighted by atomic mass is 10.1. The second-order valence-electron chi connectivity index (χ2n) is 7.71. The summed E-state index contributed by atoms with van der Waals surface area (Å²) in [6.07, 6.45) is 7.62. The third-order valence-corrected chi connectivity index (χ3v) is 5.51. The van der Waals surface area contributed by atoms with Crippen LogP contribution in [0, 0.1) is 11.3 Å². The minimum atomic E-state index is -0.209. The SMILES string of the molecule is N#Cc1ccc(/C=C/c2ccccc2)cc1NC(=O)c1cccc(N2CCCCC2)c1. The Morgan fingerprint density at radius 1 is 0.871 bits per heavy atom. The Hall–Kier alpha value is -3.84.